The third kappa shape index (κ3) is 2.40. The lowest BCUT2D eigenvalue weighted by Gasteiger charge is -2.32. The maximum absolute atomic E-state index is 11.7. The highest BCUT2D eigenvalue weighted by Crippen LogP contribution is 2.60. The first-order valence-corrected chi connectivity index (χ1v) is 7.59. The van der Waals surface area contributed by atoms with Crippen LogP contribution in [0.25, 0.3) is 0 Å². The lowest BCUT2D eigenvalue weighted by molar-refractivity contribution is 0.315. The quantitative estimate of drug-likeness (QED) is 0.835. The molecule has 90 valence electrons. The van der Waals surface area contributed by atoms with Crippen molar-refractivity contribution in [2.75, 3.05) is 0 Å². The standard InChI is InChI=1S/C11H16BrO3P/c1-3-11(4-2,16(13,14)15)9-5-7-10(12)8-6-9/h5-8H,3-4H2,1-2H3,(H2,13,14,15). The Bertz CT molecular complexity index is 392. The molecule has 0 radical (unpaired) electrons. The second kappa shape index (κ2) is 5.01. The molecule has 1 aromatic carbocycles. The zero-order chi connectivity index (χ0) is 12.4. The van der Waals surface area contributed by atoms with E-state index < -0.39 is 12.8 Å². The molecular weight excluding hydrogens is 291 g/mol. The molecule has 0 aliphatic carbocycles. The van der Waals surface area contributed by atoms with E-state index in [-0.39, 0.29) is 0 Å². The fourth-order valence-electron chi connectivity index (χ4n) is 2.00. The first-order chi connectivity index (χ1) is 7.37. The van der Waals surface area contributed by atoms with Gasteiger partial charge in [-0.15, -0.1) is 0 Å². The van der Waals surface area contributed by atoms with Gasteiger partial charge in [0.05, 0.1) is 5.16 Å². The van der Waals surface area contributed by atoms with E-state index in [4.69, 9.17) is 0 Å². The van der Waals surface area contributed by atoms with Crippen molar-refractivity contribution in [2.45, 2.75) is 31.8 Å². The molecule has 16 heavy (non-hydrogen) atoms. The molecule has 0 unspecified atom stereocenters. The minimum atomic E-state index is -4.16. The summed E-state index contributed by atoms with van der Waals surface area (Å²) in [7, 11) is -4.16. The molecule has 1 aromatic rings. The molecule has 5 heteroatoms. The number of hydrogen-bond acceptors (Lipinski definition) is 1. The zero-order valence-corrected chi connectivity index (χ0v) is 11.8. The molecule has 0 aliphatic heterocycles. The predicted octanol–water partition coefficient (Wildman–Crippen LogP) is 3.64. The van der Waals surface area contributed by atoms with Crippen molar-refractivity contribution >= 4 is 23.5 Å². The average molecular weight is 307 g/mol. The minimum absolute atomic E-state index is 0.426. The van der Waals surface area contributed by atoms with Crippen molar-refractivity contribution in [2.24, 2.45) is 0 Å². The highest BCUT2D eigenvalue weighted by Gasteiger charge is 2.45. The van der Waals surface area contributed by atoms with Gasteiger partial charge in [0.25, 0.3) is 0 Å². The molecule has 0 saturated heterocycles. The summed E-state index contributed by atoms with van der Waals surface area (Å²) in [6.07, 6.45) is 0.852. The SMILES string of the molecule is CCC(CC)(c1ccc(Br)cc1)P(=O)(O)O. The molecule has 3 nitrogen and oxygen atoms in total. The number of rotatable bonds is 4. The summed E-state index contributed by atoms with van der Waals surface area (Å²) in [6.45, 7) is 3.62. The van der Waals surface area contributed by atoms with Crippen molar-refractivity contribution < 1.29 is 14.4 Å². The van der Waals surface area contributed by atoms with Crippen LogP contribution in [0, 0.1) is 0 Å². The van der Waals surface area contributed by atoms with Crippen molar-refractivity contribution in [1.29, 1.82) is 0 Å². The van der Waals surface area contributed by atoms with Gasteiger partial charge in [-0.05, 0) is 30.5 Å². The minimum Gasteiger partial charge on any atom is -0.324 e. The van der Waals surface area contributed by atoms with E-state index in [2.05, 4.69) is 15.9 Å². The largest absolute Gasteiger partial charge is 0.335 e. The van der Waals surface area contributed by atoms with Crippen molar-refractivity contribution in [3.05, 3.63) is 34.3 Å². The zero-order valence-electron chi connectivity index (χ0n) is 9.35. The van der Waals surface area contributed by atoms with E-state index in [9.17, 15) is 14.4 Å². The summed E-state index contributed by atoms with van der Waals surface area (Å²) in [6, 6.07) is 7.17. The maximum Gasteiger partial charge on any atom is 0.335 e. The van der Waals surface area contributed by atoms with Crippen molar-refractivity contribution in [1.82, 2.24) is 0 Å². The van der Waals surface area contributed by atoms with Gasteiger partial charge in [-0.3, -0.25) is 4.57 Å². The van der Waals surface area contributed by atoms with Crippen molar-refractivity contribution in [3.8, 4) is 0 Å². The Morgan fingerprint density at radius 2 is 1.62 bits per heavy atom. The fraction of sp³-hybridized carbons (Fsp3) is 0.455. The molecule has 2 N–H and O–H groups in total. The number of halogens is 1. The number of hydrogen-bond donors (Lipinski definition) is 2. The van der Waals surface area contributed by atoms with Crippen LogP contribution >= 0.6 is 23.5 Å². The Morgan fingerprint density at radius 1 is 1.19 bits per heavy atom. The van der Waals surface area contributed by atoms with E-state index in [1.165, 1.54) is 0 Å². The molecule has 0 saturated carbocycles. The molecule has 0 spiro atoms. The van der Waals surface area contributed by atoms with Gasteiger partial charge < -0.3 is 9.79 Å². The van der Waals surface area contributed by atoms with Crippen LogP contribution in [0.15, 0.2) is 28.7 Å². The maximum atomic E-state index is 11.7. The Labute approximate surface area is 104 Å². The Balaban J connectivity index is 3.32. The normalized spacial score (nSPS) is 12.8. The summed E-state index contributed by atoms with van der Waals surface area (Å²) >= 11 is 3.31. The second-order valence-electron chi connectivity index (χ2n) is 3.79. The third-order valence-corrected chi connectivity index (χ3v) is 5.64. The Hall–Kier alpha value is -0.150. The summed E-state index contributed by atoms with van der Waals surface area (Å²) in [5, 5.41) is -1.05. The molecule has 0 amide bonds. The molecule has 0 aromatic heterocycles. The van der Waals surface area contributed by atoms with Crippen LogP contribution in [-0.4, -0.2) is 9.79 Å². The summed E-state index contributed by atoms with van der Waals surface area (Å²) in [5.74, 6) is 0. The van der Waals surface area contributed by atoms with E-state index in [0.29, 0.717) is 18.4 Å². The molecular formula is C11H16BrO3P. The van der Waals surface area contributed by atoms with Crippen LogP contribution < -0.4 is 0 Å². The van der Waals surface area contributed by atoms with E-state index >= 15 is 0 Å². The Morgan fingerprint density at radius 3 is 1.94 bits per heavy atom. The highest BCUT2D eigenvalue weighted by atomic mass is 79.9. The van der Waals surface area contributed by atoms with Crippen LogP contribution in [0.4, 0.5) is 0 Å². The fourth-order valence-corrected chi connectivity index (χ4v) is 3.57. The number of benzene rings is 1. The van der Waals surface area contributed by atoms with Crippen molar-refractivity contribution in [3.63, 3.8) is 0 Å². The monoisotopic (exact) mass is 306 g/mol. The van der Waals surface area contributed by atoms with Crippen LogP contribution in [0.5, 0.6) is 0 Å². The second-order valence-corrected chi connectivity index (χ2v) is 6.65. The van der Waals surface area contributed by atoms with Gasteiger partial charge in [0.2, 0.25) is 0 Å². The summed E-state index contributed by atoms with van der Waals surface area (Å²) in [4.78, 5) is 19.1. The molecule has 0 heterocycles. The highest BCUT2D eigenvalue weighted by molar-refractivity contribution is 9.10. The summed E-state index contributed by atoms with van der Waals surface area (Å²) in [5.41, 5.74) is 0.703. The third-order valence-electron chi connectivity index (χ3n) is 3.11. The predicted molar refractivity (Wildman–Crippen MR) is 68.4 cm³/mol. The van der Waals surface area contributed by atoms with Gasteiger partial charge in [-0.2, -0.15) is 0 Å². The van der Waals surface area contributed by atoms with Gasteiger partial charge in [0, 0.05) is 4.47 Å². The first-order valence-electron chi connectivity index (χ1n) is 5.19. The van der Waals surface area contributed by atoms with Gasteiger partial charge in [0.1, 0.15) is 0 Å². The van der Waals surface area contributed by atoms with Crippen LogP contribution in [0.3, 0.4) is 0 Å². The molecule has 0 bridgehead atoms. The smallest absolute Gasteiger partial charge is 0.324 e. The van der Waals surface area contributed by atoms with Crippen LogP contribution in [-0.2, 0) is 9.72 Å². The van der Waals surface area contributed by atoms with Gasteiger partial charge >= 0.3 is 7.60 Å². The van der Waals surface area contributed by atoms with Gasteiger partial charge in [0.15, 0.2) is 0 Å². The first kappa shape index (κ1) is 13.9. The molecule has 1 rings (SSSR count). The lowest BCUT2D eigenvalue weighted by atomic mass is 9.93. The van der Waals surface area contributed by atoms with Crippen LogP contribution in [0.2, 0.25) is 0 Å². The van der Waals surface area contributed by atoms with E-state index in [1.807, 2.05) is 26.0 Å². The van der Waals surface area contributed by atoms with E-state index in [1.54, 1.807) is 12.1 Å². The van der Waals surface area contributed by atoms with Crippen LogP contribution in [0.1, 0.15) is 32.3 Å². The van der Waals surface area contributed by atoms with E-state index in [0.717, 1.165) is 4.47 Å². The molecule has 0 fully saturated rings. The topological polar surface area (TPSA) is 57.5 Å². The van der Waals surface area contributed by atoms with Gasteiger partial charge in [-0.25, -0.2) is 0 Å². The molecule has 0 atom stereocenters. The summed E-state index contributed by atoms with van der Waals surface area (Å²) < 4.78 is 12.6. The molecule has 0 aliphatic rings. The van der Waals surface area contributed by atoms with Gasteiger partial charge in [-0.1, -0.05) is 41.9 Å². The average Bonchev–Trinajstić information content (AvgIpc) is 2.21. The Kier molecular flexibility index (Phi) is 4.35. The lowest BCUT2D eigenvalue weighted by Crippen LogP contribution is -2.24.